The van der Waals surface area contributed by atoms with Crippen molar-refractivity contribution in [3.63, 3.8) is 0 Å². The average molecular weight is 281 g/mol. The SMILES string of the molecule is CN(C)C[C@@H]1CCN(C(=O)NCCc2nc(N)n[nH]2)C1. The van der Waals surface area contributed by atoms with Crippen molar-refractivity contribution in [1.29, 1.82) is 0 Å². The standard InChI is InChI=1S/C12H23N7O/c1-18(2)7-9-4-6-19(8-9)12(20)14-5-3-10-15-11(13)17-16-10/h9H,3-8H2,1-2H3,(H,14,20)(H3,13,15,16,17)/t9-/m0/s1. The van der Waals surface area contributed by atoms with E-state index in [1.165, 1.54) is 0 Å². The zero-order valence-electron chi connectivity index (χ0n) is 12.1. The monoisotopic (exact) mass is 281 g/mol. The van der Waals surface area contributed by atoms with Crippen molar-refractivity contribution in [1.82, 2.24) is 30.3 Å². The Kier molecular flexibility index (Phi) is 4.78. The highest BCUT2D eigenvalue weighted by Gasteiger charge is 2.26. The van der Waals surface area contributed by atoms with Crippen LogP contribution >= 0.6 is 0 Å². The number of likely N-dealkylation sites (tertiary alicyclic amines) is 1. The van der Waals surface area contributed by atoms with Crippen molar-refractivity contribution in [2.24, 2.45) is 5.92 Å². The predicted octanol–water partition coefficient (Wildman–Crippen LogP) is -0.477. The van der Waals surface area contributed by atoms with E-state index >= 15 is 0 Å². The summed E-state index contributed by atoms with van der Waals surface area (Å²) in [5.41, 5.74) is 5.41. The summed E-state index contributed by atoms with van der Waals surface area (Å²) in [4.78, 5) is 20.0. The number of carbonyl (C=O) groups excluding carboxylic acids is 1. The summed E-state index contributed by atoms with van der Waals surface area (Å²) in [6.07, 6.45) is 1.68. The number of aromatic amines is 1. The predicted molar refractivity (Wildman–Crippen MR) is 76.1 cm³/mol. The fraction of sp³-hybridized carbons (Fsp3) is 0.750. The number of hydrogen-bond donors (Lipinski definition) is 3. The molecule has 4 N–H and O–H groups in total. The summed E-state index contributed by atoms with van der Waals surface area (Å²) in [5.74, 6) is 1.50. The first kappa shape index (κ1) is 14.6. The molecule has 1 aromatic heterocycles. The molecule has 1 saturated heterocycles. The van der Waals surface area contributed by atoms with Crippen LogP contribution < -0.4 is 11.1 Å². The summed E-state index contributed by atoms with van der Waals surface area (Å²) in [6, 6.07) is -0.00116. The van der Waals surface area contributed by atoms with E-state index in [0.717, 1.165) is 26.1 Å². The van der Waals surface area contributed by atoms with Gasteiger partial charge in [-0.3, -0.25) is 5.10 Å². The molecule has 0 saturated carbocycles. The molecule has 0 radical (unpaired) electrons. The third-order valence-electron chi connectivity index (χ3n) is 3.38. The van der Waals surface area contributed by atoms with Gasteiger partial charge in [0.2, 0.25) is 5.95 Å². The summed E-state index contributed by atoms with van der Waals surface area (Å²) in [5, 5.41) is 9.37. The number of urea groups is 1. The van der Waals surface area contributed by atoms with Gasteiger partial charge in [0, 0.05) is 32.6 Å². The minimum atomic E-state index is -0.00116. The fourth-order valence-corrected chi connectivity index (χ4v) is 2.50. The number of amides is 2. The maximum Gasteiger partial charge on any atom is 0.317 e. The highest BCUT2D eigenvalue weighted by molar-refractivity contribution is 5.74. The van der Waals surface area contributed by atoms with Gasteiger partial charge in [0.25, 0.3) is 0 Å². The molecule has 0 spiro atoms. The Labute approximate surface area is 118 Å². The van der Waals surface area contributed by atoms with E-state index in [-0.39, 0.29) is 12.0 Å². The van der Waals surface area contributed by atoms with Crippen LogP contribution in [0.15, 0.2) is 0 Å². The second-order valence-electron chi connectivity index (χ2n) is 5.49. The van der Waals surface area contributed by atoms with Crippen LogP contribution in [-0.2, 0) is 6.42 Å². The quantitative estimate of drug-likeness (QED) is 0.676. The largest absolute Gasteiger partial charge is 0.367 e. The van der Waals surface area contributed by atoms with Crippen molar-refractivity contribution < 1.29 is 4.79 Å². The maximum atomic E-state index is 12.0. The molecule has 0 aliphatic carbocycles. The first-order chi connectivity index (χ1) is 9.54. The molecule has 8 heteroatoms. The zero-order valence-corrected chi connectivity index (χ0v) is 12.1. The second-order valence-corrected chi connectivity index (χ2v) is 5.49. The van der Waals surface area contributed by atoms with Gasteiger partial charge in [-0.2, -0.15) is 4.98 Å². The van der Waals surface area contributed by atoms with Crippen molar-refractivity contribution in [3.8, 4) is 0 Å². The third-order valence-corrected chi connectivity index (χ3v) is 3.38. The topological polar surface area (TPSA) is 103 Å². The van der Waals surface area contributed by atoms with Gasteiger partial charge in [-0.05, 0) is 26.4 Å². The lowest BCUT2D eigenvalue weighted by Crippen LogP contribution is -2.40. The molecule has 0 unspecified atom stereocenters. The van der Waals surface area contributed by atoms with Crippen molar-refractivity contribution in [3.05, 3.63) is 5.82 Å². The van der Waals surface area contributed by atoms with Gasteiger partial charge in [0.05, 0.1) is 0 Å². The molecule has 2 amide bonds. The summed E-state index contributed by atoms with van der Waals surface area (Å²) in [6.45, 7) is 3.22. The van der Waals surface area contributed by atoms with Crippen molar-refractivity contribution >= 4 is 12.0 Å². The van der Waals surface area contributed by atoms with Crippen LogP contribution in [0, 0.1) is 5.92 Å². The molecule has 0 bridgehead atoms. The average Bonchev–Trinajstić information content (AvgIpc) is 2.98. The Morgan fingerprint density at radius 2 is 2.40 bits per heavy atom. The van der Waals surface area contributed by atoms with Crippen LogP contribution in [-0.4, -0.2) is 71.3 Å². The Morgan fingerprint density at radius 1 is 1.60 bits per heavy atom. The molecule has 1 atom stereocenters. The molecule has 1 fully saturated rings. The van der Waals surface area contributed by atoms with E-state index < -0.39 is 0 Å². The Balaban J connectivity index is 1.68. The molecule has 20 heavy (non-hydrogen) atoms. The second kappa shape index (κ2) is 6.56. The molecule has 2 rings (SSSR count). The number of nitrogens with zero attached hydrogens (tertiary/aromatic N) is 4. The highest BCUT2D eigenvalue weighted by atomic mass is 16.2. The van der Waals surface area contributed by atoms with E-state index in [4.69, 9.17) is 5.73 Å². The Hall–Kier alpha value is -1.83. The van der Waals surface area contributed by atoms with Crippen LogP contribution in [0.4, 0.5) is 10.7 Å². The van der Waals surface area contributed by atoms with Crippen LogP contribution in [0.3, 0.4) is 0 Å². The number of H-pyrrole nitrogens is 1. The van der Waals surface area contributed by atoms with Gasteiger partial charge in [-0.15, -0.1) is 5.10 Å². The molecular formula is C12H23N7O. The lowest BCUT2D eigenvalue weighted by Gasteiger charge is -2.18. The summed E-state index contributed by atoms with van der Waals surface area (Å²) >= 11 is 0. The van der Waals surface area contributed by atoms with Crippen molar-refractivity contribution in [2.75, 3.05) is 46.0 Å². The van der Waals surface area contributed by atoms with Gasteiger partial charge < -0.3 is 20.9 Å². The Morgan fingerprint density at radius 3 is 3.05 bits per heavy atom. The van der Waals surface area contributed by atoms with Gasteiger partial charge in [-0.25, -0.2) is 4.79 Å². The van der Waals surface area contributed by atoms with Gasteiger partial charge >= 0.3 is 6.03 Å². The summed E-state index contributed by atoms with van der Waals surface area (Å²) < 4.78 is 0. The van der Waals surface area contributed by atoms with Crippen LogP contribution in [0.2, 0.25) is 0 Å². The zero-order chi connectivity index (χ0) is 14.5. The maximum absolute atomic E-state index is 12.0. The molecule has 1 aliphatic rings. The van der Waals surface area contributed by atoms with E-state index in [9.17, 15) is 4.79 Å². The van der Waals surface area contributed by atoms with Crippen LogP contribution in [0.5, 0.6) is 0 Å². The third kappa shape index (κ3) is 4.09. The number of aromatic nitrogens is 3. The summed E-state index contributed by atoms with van der Waals surface area (Å²) in [7, 11) is 4.12. The van der Waals surface area contributed by atoms with E-state index in [1.807, 2.05) is 4.90 Å². The van der Waals surface area contributed by atoms with Gasteiger partial charge in [-0.1, -0.05) is 0 Å². The lowest BCUT2D eigenvalue weighted by atomic mass is 10.1. The molecule has 1 aromatic rings. The van der Waals surface area contributed by atoms with E-state index in [2.05, 4.69) is 39.5 Å². The normalized spacial score (nSPS) is 18.8. The minimum Gasteiger partial charge on any atom is -0.367 e. The van der Waals surface area contributed by atoms with Crippen molar-refractivity contribution in [2.45, 2.75) is 12.8 Å². The lowest BCUT2D eigenvalue weighted by molar-refractivity contribution is 0.205. The fourth-order valence-electron chi connectivity index (χ4n) is 2.50. The molecule has 1 aliphatic heterocycles. The first-order valence-corrected chi connectivity index (χ1v) is 6.89. The molecule has 0 aromatic carbocycles. The molecular weight excluding hydrogens is 258 g/mol. The van der Waals surface area contributed by atoms with E-state index in [0.29, 0.717) is 24.7 Å². The molecule has 112 valence electrons. The number of rotatable bonds is 5. The van der Waals surface area contributed by atoms with E-state index in [1.54, 1.807) is 0 Å². The number of nitrogens with two attached hydrogens (primary N) is 1. The Bertz CT molecular complexity index is 445. The smallest absolute Gasteiger partial charge is 0.317 e. The van der Waals surface area contributed by atoms with Gasteiger partial charge in [0.15, 0.2) is 0 Å². The molecule has 2 heterocycles. The van der Waals surface area contributed by atoms with Crippen LogP contribution in [0.25, 0.3) is 0 Å². The first-order valence-electron chi connectivity index (χ1n) is 6.89. The number of hydrogen-bond acceptors (Lipinski definition) is 5. The number of nitrogen functional groups attached to an aromatic ring is 1. The van der Waals surface area contributed by atoms with Crippen LogP contribution in [0.1, 0.15) is 12.2 Å². The van der Waals surface area contributed by atoms with Gasteiger partial charge in [0.1, 0.15) is 5.82 Å². The number of anilines is 1. The number of nitrogens with one attached hydrogen (secondary N) is 2. The molecule has 8 nitrogen and oxygen atoms in total. The minimum absolute atomic E-state index is 0.00116. The highest BCUT2D eigenvalue weighted by Crippen LogP contribution is 2.16. The number of carbonyl (C=O) groups is 1.